The number of carboxylic acids is 1. The fourth-order valence-electron chi connectivity index (χ4n) is 2.73. The van der Waals surface area contributed by atoms with Crippen molar-refractivity contribution in [2.45, 2.75) is 19.3 Å². The molecule has 1 unspecified atom stereocenters. The molecule has 0 saturated carbocycles. The van der Waals surface area contributed by atoms with Crippen LogP contribution < -0.4 is 5.32 Å². The van der Waals surface area contributed by atoms with Crippen molar-refractivity contribution in [1.82, 2.24) is 15.1 Å². The van der Waals surface area contributed by atoms with E-state index in [2.05, 4.69) is 10.2 Å². The number of ether oxygens (including phenoxy) is 1. The van der Waals surface area contributed by atoms with E-state index in [9.17, 15) is 9.59 Å². The lowest BCUT2D eigenvalue weighted by Crippen LogP contribution is -2.52. The molecule has 2 rings (SSSR count). The molecule has 120 valence electrons. The highest BCUT2D eigenvalue weighted by molar-refractivity contribution is 5.74. The summed E-state index contributed by atoms with van der Waals surface area (Å²) in [5.41, 5.74) is 0. The molecule has 2 heterocycles. The monoisotopic (exact) mass is 299 g/mol. The first-order valence-corrected chi connectivity index (χ1v) is 7.70. The molecule has 2 aliphatic rings. The Morgan fingerprint density at radius 3 is 2.62 bits per heavy atom. The minimum atomic E-state index is -0.772. The van der Waals surface area contributed by atoms with E-state index in [1.165, 1.54) is 0 Å². The van der Waals surface area contributed by atoms with Gasteiger partial charge in [-0.25, -0.2) is 4.79 Å². The van der Waals surface area contributed by atoms with Crippen LogP contribution in [0.2, 0.25) is 0 Å². The lowest BCUT2D eigenvalue weighted by Gasteiger charge is -2.34. The van der Waals surface area contributed by atoms with Crippen molar-refractivity contribution in [3.05, 3.63) is 0 Å². The molecule has 0 radical (unpaired) electrons. The lowest BCUT2D eigenvalue weighted by atomic mass is 10.1. The summed E-state index contributed by atoms with van der Waals surface area (Å²) in [6.07, 6.45) is 2.23. The summed E-state index contributed by atoms with van der Waals surface area (Å²) < 4.78 is 5.31. The molecule has 21 heavy (non-hydrogen) atoms. The van der Waals surface area contributed by atoms with Crippen molar-refractivity contribution >= 4 is 12.0 Å². The van der Waals surface area contributed by atoms with Crippen molar-refractivity contribution < 1.29 is 19.4 Å². The molecule has 2 saturated heterocycles. The highest BCUT2D eigenvalue weighted by Crippen LogP contribution is 2.15. The van der Waals surface area contributed by atoms with E-state index in [1.807, 2.05) is 4.90 Å². The van der Waals surface area contributed by atoms with Gasteiger partial charge < -0.3 is 20.1 Å². The maximum absolute atomic E-state index is 12.0. The average molecular weight is 299 g/mol. The smallest absolute Gasteiger partial charge is 0.317 e. The van der Waals surface area contributed by atoms with Gasteiger partial charge >= 0.3 is 12.0 Å². The van der Waals surface area contributed by atoms with E-state index in [4.69, 9.17) is 9.84 Å². The van der Waals surface area contributed by atoms with Crippen LogP contribution in [-0.4, -0.2) is 79.4 Å². The molecular weight excluding hydrogens is 274 g/mol. The number of carbonyl (C=O) groups is 2. The third-order valence-electron chi connectivity index (χ3n) is 4.15. The minimum absolute atomic E-state index is 0.00759. The molecule has 0 aromatic rings. The van der Waals surface area contributed by atoms with Gasteiger partial charge in [-0.3, -0.25) is 9.69 Å². The maximum atomic E-state index is 12.0. The number of hydrogen-bond donors (Lipinski definition) is 2. The van der Waals surface area contributed by atoms with Crippen molar-refractivity contribution in [3.8, 4) is 0 Å². The summed E-state index contributed by atoms with van der Waals surface area (Å²) in [7, 11) is 0. The van der Waals surface area contributed by atoms with Crippen LogP contribution in [0.1, 0.15) is 19.3 Å². The van der Waals surface area contributed by atoms with E-state index >= 15 is 0 Å². The van der Waals surface area contributed by atoms with Gasteiger partial charge in [-0.15, -0.1) is 0 Å². The Kier molecular flexibility index (Phi) is 6.25. The predicted octanol–water partition coefficient (Wildman–Crippen LogP) is 0.215. The Morgan fingerprint density at radius 2 is 2.00 bits per heavy atom. The first kappa shape index (κ1) is 16.0. The summed E-state index contributed by atoms with van der Waals surface area (Å²) in [6.45, 7) is 5.75. The zero-order chi connectivity index (χ0) is 15.1. The van der Waals surface area contributed by atoms with Crippen LogP contribution in [0.3, 0.4) is 0 Å². The van der Waals surface area contributed by atoms with Crippen LogP contribution >= 0.6 is 0 Å². The topological polar surface area (TPSA) is 82.1 Å². The van der Waals surface area contributed by atoms with Gasteiger partial charge in [0.05, 0.1) is 6.42 Å². The summed E-state index contributed by atoms with van der Waals surface area (Å²) in [5, 5.41) is 11.6. The third kappa shape index (κ3) is 5.51. The summed E-state index contributed by atoms with van der Waals surface area (Å²) in [4.78, 5) is 26.4. The number of carbonyl (C=O) groups excluding carboxylic acids is 1. The fraction of sp³-hybridized carbons (Fsp3) is 0.857. The number of rotatable bonds is 6. The van der Waals surface area contributed by atoms with Gasteiger partial charge in [0.1, 0.15) is 0 Å². The fourth-order valence-corrected chi connectivity index (χ4v) is 2.73. The Morgan fingerprint density at radius 1 is 1.24 bits per heavy atom. The number of hydrogen-bond acceptors (Lipinski definition) is 4. The lowest BCUT2D eigenvalue weighted by molar-refractivity contribution is -0.137. The molecule has 7 heteroatoms. The van der Waals surface area contributed by atoms with Gasteiger partial charge in [0.25, 0.3) is 0 Å². The SMILES string of the molecule is O=C(O)CCN1CCN(C(=O)NCCC2CCOC2)CC1. The highest BCUT2D eigenvalue weighted by atomic mass is 16.5. The number of nitrogens with zero attached hydrogens (tertiary/aromatic N) is 2. The van der Waals surface area contributed by atoms with Gasteiger partial charge in [-0.05, 0) is 18.8 Å². The van der Waals surface area contributed by atoms with Gasteiger partial charge in [-0.1, -0.05) is 0 Å². The second kappa shape index (κ2) is 8.19. The molecule has 0 aromatic carbocycles. The van der Waals surface area contributed by atoms with Gasteiger partial charge in [0, 0.05) is 52.5 Å². The predicted molar refractivity (Wildman–Crippen MR) is 77.2 cm³/mol. The van der Waals surface area contributed by atoms with E-state index in [-0.39, 0.29) is 12.5 Å². The van der Waals surface area contributed by atoms with E-state index in [1.54, 1.807) is 0 Å². The molecular formula is C14H25N3O4. The van der Waals surface area contributed by atoms with Crippen LogP contribution in [0.15, 0.2) is 0 Å². The van der Waals surface area contributed by atoms with E-state index < -0.39 is 5.97 Å². The quantitative estimate of drug-likeness (QED) is 0.733. The van der Waals surface area contributed by atoms with Crippen molar-refractivity contribution in [3.63, 3.8) is 0 Å². The first-order chi connectivity index (χ1) is 10.1. The first-order valence-electron chi connectivity index (χ1n) is 7.70. The second-order valence-corrected chi connectivity index (χ2v) is 5.72. The number of urea groups is 1. The summed E-state index contributed by atoms with van der Waals surface area (Å²) in [5.74, 6) is -0.191. The van der Waals surface area contributed by atoms with E-state index in [0.717, 1.165) is 39.1 Å². The normalized spacial score (nSPS) is 23.2. The van der Waals surface area contributed by atoms with Gasteiger partial charge in [0.15, 0.2) is 0 Å². The Labute approximate surface area is 125 Å². The van der Waals surface area contributed by atoms with Crippen LogP contribution in [0.25, 0.3) is 0 Å². The van der Waals surface area contributed by atoms with Crippen molar-refractivity contribution in [2.75, 3.05) is 52.5 Å². The number of piperazine rings is 1. The molecule has 2 amide bonds. The molecule has 2 N–H and O–H groups in total. The Bertz CT molecular complexity index is 350. The zero-order valence-corrected chi connectivity index (χ0v) is 12.4. The molecule has 7 nitrogen and oxygen atoms in total. The van der Waals surface area contributed by atoms with Gasteiger partial charge in [-0.2, -0.15) is 0 Å². The van der Waals surface area contributed by atoms with Gasteiger partial charge in [0.2, 0.25) is 0 Å². The molecule has 0 aromatic heterocycles. The van der Waals surface area contributed by atoms with Crippen LogP contribution in [0.5, 0.6) is 0 Å². The maximum Gasteiger partial charge on any atom is 0.317 e. The second-order valence-electron chi connectivity index (χ2n) is 5.72. The highest BCUT2D eigenvalue weighted by Gasteiger charge is 2.21. The Balaban J connectivity index is 1.57. The van der Waals surface area contributed by atoms with E-state index in [0.29, 0.717) is 32.1 Å². The average Bonchev–Trinajstić information content (AvgIpc) is 2.99. The molecule has 2 fully saturated rings. The standard InChI is InChI=1S/C14H25N3O4/c18-13(19)2-5-16-6-8-17(9-7-16)14(20)15-4-1-12-3-10-21-11-12/h12H,1-11H2,(H,15,20)(H,18,19). The molecule has 1 atom stereocenters. The van der Waals surface area contributed by atoms with Crippen LogP contribution in [0.4, 0.5) is 4.79 Å². The molecule has 2 aliphatic heterocycles. The summed E-state index contributed by atoms with van der Waals surface area (Å²) >= 11 is 0. The minimum Gasteiger partial charge on any atom is -0.481 e. The summed E-state index contributed by atoms with van der Waals surface area (Å²) in [6, 6.07) is -0.00759. The third-order valence-corrected chi connectivity index (χ3v) is 4.15. The molecule has 0 aliphatic carbocycles. The van der Waals surface area contributed by atoms with Crippen molar-refractivity contribution in [1.29, 1.82) is 0 Å². The zero-order valence-electron chi connectivity index (χ0n) is 12.4. The van der Waals surface area contributed by atoms with Crippen LogP contribution in [-0.2, 0) is 9.53 Å². The largest absolute Gasteiger partial charge is 0.481 e. The molecule has 0 bridgehead atoms. The number of carboxylic acid groups (broad SMARTS) is 1. The van der Waals surface area contributed by atoms with Crippen molar-refractivity contribution in [2.24, 2.45) is 5.92 Å². The molecule has 0 spiro atoms. The van der Waals surface area contributed by atoms with Crippen LogP contribution in [0, 0.1) is 5.92 Å². The number of amides is 2. The number of aliphatic carboxylic acids is 1. The number of nitrogens with one attached hydrogen (secondary N) is 1. The Hall–Kier alpha value is -1.34.